The number of fused-ring (bicyclic) bond motifs is 1. The molecule has 9 heteroatoms. The number of halogens is 1. The van der Waals surface area contributed by atoms with Crippen LogP contribution in [0.1, 0.15) is 16.7 Å². The summed E-state index contributed by atoms with van der Waals surface area (Å²) < 4.78 is 39.9. The Morgan fingerprint density at radius 1 is 0.971 bits per heavy atom. The van der Waals surface area contributed by atoms with Crippen LogP contribution in [-0.2, 0) is 34.3 Å². The van der Waals surface area contributed by atoms with Gasteiger partial charge >= 0.3 is 0 Å². The lowest BCUT2D eigenvalue weighted by atomic mass is 9.98. The molecule has 0 spiro atoms. The third kappa shape index (κ3) is 5.69. The number of methoxy groups -OCH3 is 2. The first kappa shape index (κ1) is 25.2. The van der Waals surface area contributed by atoms with Crippen molar-refractivity contribution in [1.29, 1.82) is 0 Å². The summed E-state index contributed by atoms with van der Waals surface area (Å²) in [7, 11) is -0.734. The monoisotopic (exact) mass is 558 g/mol. The molecule has 35 heavy (non-hydrogen) atoms. The fourth-order valence-electron chi connectivity index (χ4n) is 4.12. The molecular weight excluding hydrogens is 532 g/mol. The first-order valence-corrected chi connectivity index (χ1v) is 13.4. The van der Waals surface area contributed by atoms with Crippen molar-refractivity contribution in [2.75, 3.05) is 27.3 Å². The van der Waals surface area contributed by atoms with Crippen LogP contribution in [0, 0.1) is 0 Å². The van der Waals surface area contributed by atoms with Crippen molar-refractivity contribution in [2.24, 2.45) is 0 Å². The van der Waals surface area contributed by atoms with E-state index < -0.39 is 10.0 Å². The molecule has 1 aliphatic heterocycles. The van der Waals surface area contributed by atoms with Gasteiger partial charge < -0.3 is 14.4 Å². The van der Waals surface area contributed by atoms with Crippen molar-refractivity contribution in [1.82, 2.24) is 9.21 Å². The Kier molecular flexibility index (Phi) is 7.78. The highest BCUT2D eigenvalue weighted by Gasteiger charge is 2.30. The zero-order valence-electron chi connectivity index (χ0n) is 19.6. The van der Waals surface area contributed by atoms with Gasteiger partial charge in [-0.05, 0) is 59.5 Å². The van der Waals surface area contributed by atoms with Crippen molar-refractivity contribution in [3.63, 3.8) is 0 Å². The SMILES string of the molecule is COc1cc2c(cc1OC)CN(C(=O)CN(Cc1ccccc1)S(=O)(=O)c1ccc(Br)cc1)CC2. The van der Waals surface area contributed by atoms with Crippen LogP contribution in [-0.4, -0.2) is 50.8 Å². The van der Waals surface area contributed by atoms with Gasteiger partial charge in [0.1, 0.15) is 0 Å². The fourth-order valence-corrected chi connectivity index (χ4v) is 5.76. The van der Waals surface area contributed by atoms with Crippen molar-refractivity contribution in [3.05, 3.63) is 87.9 Å². The van der Waals surface area contributed by atoms with Gasteiger partial charge in [-0.2, -0.15) is 4.31 Å². The highest BCUT2D eigenvalue weighted by molar-refractivity contribution is 9.10. The zero-order valence-corrected chi connectivity index (χ0v) is 22.0. The predicted molar refractivity (Wildman–Crippen MR) is 137 cm³/mol. The molecule has 1 heterocycles. The molecule has 1 aliphatic rings. The van der Waals surface area contributed by atoms with Crippen LogP contribution in [0.15, 0.2) is 76.1 Å². The van der Waals surface area contributed by atoms with Gasteiger partial charge in [-0.3, -0.25) is 4.79 Å². The molecule has 0 saturated heterocycles. The summed E-state index contributed by atoms with van der Waals surface area (Å²) in [6, 6.07) is 19.5. The van der Waals surface area contributed by atoms with E-state index in [-0.39, 0.29) is 23.9 Å². The average Bonchev–Trinajstić information content (AvgIpc) is 2.87. The number of carbonyl (C=O) groups is 1. The van der Waals surface area contributed by atoms with Crippen LogP contribution >= 0.6 is 15.9 Å². The standard InChI is InChI=1S/C26H27BrN2O5S/c1-33-24-14-20-12-13-28(17-21(20)15-25(24)34-2)26(30)18-29(16-19-6-4-3-5-7-19)35(31,32)23-10-8-22(27)9-11-23/h3-11,14-15H,12-13,16-18H2,1-2H3. The molecule has 0 bridgehead atoms. The van der Waals surface area contributed by atoms with Crippen LogP contribution < -0.4 is 9.47 Å². The molecule has 1 amide bonds. The molecule has 7 nitrogen and oxygen atoms in total. The number of ether oxygens (including phenoxy) is 2. The lowest BCUT2D eigenvalue weighted by molar-refractivity contribution is -0.132. The molecule has 0 aromatic heterocycles. The van der Waals surface area contributed by atoms with Crippen LogP contribution in [0.5, 0.6) is 11.5 Å². The Hall–Kier alpha value is -2.88. The largest absolute Gasteiger partial charge is 0.493 e. The molecule has 0 aliphatic carbocycles. The van der Waals surface area contributed by atoms with Gasteiger partial charge in [0.15, 0.2) is 11.5 Å². The molecule has 0 atom stereocenters. The van der Waals surface area contributed by atoms with E-state index in [0.717, 1.165) is 21.2 Å². The van der Waals surface area contributed by atoms with Crippen LogP contribution in [0.25, 0.3) is 0 Å². The Labute approximate surface area is 214 Å². The number of hydrogen-bond acceptors (Lipinski definition) is 5. The Morgan fingerprint density at radius 3 is 2.23 bits per heavy atom. The van der Waals surface area contributed by atoms with Crippen LogP contribution in [0.4, 0.5) is 0 Å². The van der Waals surface area contributed by atoms with E-state index in [0.29, 0.717) is 31.0 Å². The van der Waals surface area contributed by atoms with Gasteiger partial charge in [0.05, 0.1) is 25.7 Å². The second-order valence-electron chi connectivity index (χ2n) is 8.25. The van der Waals surface area contributed by atoms with Gasteiger partial charge in [-0.25, -0.2) is 8.42 Å². The number of sulfonamides is 1. The molecule has 0 radical (unpaired) electrons. The molecule has 0 fully saturated rings. The van der Waals surface area contributed by atoms with E-state index in [1.807, 2.05) is 42.5 Å². The van der Waals surface area contributed by atoms with Crippen LogP contribution in [0.2, 0.25) is 0 Å². The minimum absolute atomic E-state index is 0.0976. The minimum Gasteiger partial charge on any atom is -0.493 e. The maximum atomic E-state index is 13.5. The van der Waals surface area contributed by atoms with Gasteiger partial charge in [0.25, 0.3) is 0 Å². The number of amides is 1. The second-order valence-corrected chi connectivity index (χ2v) is 11.1. The van der Waals surface area contributed by atoms with E-state index in [1.165, 1.54) is 4.31 Å². The highest BCUT2D eigenvalue weighted by Crippen LogP contribution is 2.33. The van der Waals surface area contributed by atoms with Crippen LogP contribution in [0.3, 0.4) is 0 Å². The third-order valence-electron chi connectivity index (χ3n) is 6.04. The molecule has 4 rings (SSSR count). The Balaban J connectivity index is 1.58. The highest BCUT2D eigenvalue weighted by atomic mass is 79.9. The smallest absolute Gasteiger partial charge is 0.243 e. The Bertz CT molecular complexity index is 1300. The third-order valence-corrected chi connectivity index (χ3v) is 8.37. The summed E-state index contributed by atoms with van der Waals surface area (Å²) in [5, 5.41) is 0. The first-order valence-electron chi connectivity index (χ1n) is 11.1. The average molecular weight is 559 g/mol. The molecule has 0 N–H and O–H groups in total. The summed E-state index contributed by atoms with van der Waals surface area (Å²) in [6.45, 7) is 0.723. The second kappa shape index (κ2) is 10.8. The minimum atomic E-state index is -3.90. The molecule has 0 unspecified atom stereocenters. The first-order chi connectivity index (χ1) is 16.8. The van der Waals surface area contributed by atoms with Gasteiger partial charge in [0.2, 0.25) is 15.9 Å². The number of hydrogen-bond donors (Lipinski definition) is 0. The molecule has 184 valence electrons. The van der Waals surface area contributed by atoms with Crippen molar-refractivity contribution >= 4 is 31.9 Å². The molecule has 0 saturated carbocycles. The summed E-state index contributed by atoms with van der Waals surface area (Å²) in [5.74, 6) is 1.01. The number of rotatable bonds is 8. The molecule has 3 aromatic carbocycles. The lowest BCUT2D eigenvalue weighted by Gasteiger charge is -2.31. The normalized spacial score (nSPS) is 13.4. The lowest BCUT2D eigenvalue weighted by Crippen LogP contribution is -2.44. The number of nitrogens with zero attached hydrogens (tertiary/aromatic N) is 2. The predicted octanol–water partition coefficient (Wildman–Crippen LogP) is 4.24. The quantitative estimate of drug-likeness (QED) is 0.413. The summed E-state index contributed by atoms with van der Waals surface area (Å²) in [5.41, 5.74) is 2.87. The summed E-state index contributed by atoms with van der Waals surface area (Å²) in [4.78, 5) is 15.2. The van der Waals surface area contributed by atoms with E-state index in [9.17, 15) is 13.2 Å². The van der Waals surface area contributed by atoms with Crippen molar-refractivity contribution in [3.8, 4) is 11.5 Å². The van der Waals surface area contributed by atoms with Gasteiger partial charge in [-0.1, -0.05) is 46.3 Å². The van der Waals surface area contributed by atoms with E-state index in [4.69, 9.17) is 9.47 Å². The maximum Gasteiger partial charge on any atom is 0.243 e. The van der Waals surface area contributed by atoms with Crippen molar-refractivity contribution in [2.45, 2.75) is 24.4 Å². The number of benzene rings is 3. The fraction of sp³-hybridized carbons (Fsp3) is 0.269. The molecule has 3 aromatic rings. The Morgan fingerprint density at radius 2 is 1.60 bits per heavy atom. The van der Waals surface area contributed by atoms with E-state index in [1.54, 1.807) is 43.4 Å². The summed E-state index contributed by atoms with van der Waals surface area (Å²) in [6.07, 6.45) is 0.652. The van der Waals surface area contributed by atoms with Crippen molar-refractivity contribution < 1.29 is 22.7 Å². The summed E-state index contributed by atoms with van der Waals surface area (Å²) >= 11 is 3.34. The van der Waals surface area contributed by atoms with E-state index in [2.05, 4.69) is 15.9 Å². The maximum absolute atomic E-state index is 13.5. The topological polar surface area (TPSA) is 76.2 Å². The zero-order chi connectivity index (χ0) is 25.0. The molecular formula is C26H27BrN2O5S. The van der Waals surface area contributed by atoms with Gasteiger partial charge in [0, 0.05) is 24.1 Å². The van der Waals surface area contributed by atoms with E-state index >= 15 is 0 Å². The number of carbonyl (C=O) groups excluding carboxylic acids is 1. The van der Waals surface area contributed by atoms with Gasteiger partial charge in [-0.15, -0.1) is 0 Å².